The molecule has 25 heavy (non-hydrogen) atoms. The van der Waals surface area contributed by atoms with Gasteiger partial charge in [-0.05, 0) is 11.1 Å². The summed E-state index contributed by atoms with van der Waals surface area (Å²) in [6.07, 6.45) is 0.386. The van der Waals surface area contributed by atoms with Gasteiger partial charge in [-0.1, -0.05) is 54.6 Å². The normalized spacial score (nSPS) is 16.2. The monoisotopic (exact) mass is 337 g/mol. The summed E-state index contributed by atoms with van der Waals surface area (Å²) in [6, 6.07) is 15.5. The number of hydrogen-bond donors (Lipinski definition) is 1. The molecule has 1 aliphatic rings. The van der Waals surface area contributed by atoms with Gasteiger partial charge in [0.15, 0.2) is 5.78 Å². The maximum atomic E-state index is 12.6. The summed E-state index contributed by atoms with van der Waals surface area (Å²) in [6.45, 7) is 0.269. The van der Waals surface area contributed by atoms with Gasteiger partial charge in [0.25, 0.3) is 0 Å². The maximum Gasteiger partial charge on any atom is 0.326 e. The van der Waals surface area contributed by atoms with Gasteiger partial charge >= 0.3 is 5.97 Å². The van der Waals surface area contributed by atoms with Crippen LogP contribution in [0.25, 0.3) is 0 Å². The molecule has 2 aromatic carbocycles. The molecule has 1 atom stereocenters. The summed E-state index contributed by atoms with van der Waals surface area (Å²) in [5.41, 5.74) is 2.48. The van der Waals surface area contributed by atoms with Gasteiger partial charge in [-0.2, -0.15) is 0 Å². The molecule has 1 aliphatic heterocycles. The van der Waals surface area contributed by atoms with Crippen LogP contribution in [0.4, 0.5) is 0 Å². The second-order valence-corrected chi connectivity index (χ2v) is 6.14. The van der Waals surface area contributed by atoms with Gasteiger partial charge in [-0.15, -0.1) is 0 Å². The molecule has 1 unspecified atom stereocenters. The van der Waals surface area contributed by atoms with Crippen LogP contribution < -0.4 is 0 Å². The molecule has 0 fully saturated rings. The van der Waals surface area contributed by atoms with E-state index < -0.39 is 12.0 Å². The zero-order chi connectivity index (χ0) is 17.8. The number of carboxylic acid groups (broad SMARTS) is 1. The Kier molecular flexibility index (Phi) is 4.93. The average molecular weight is 337 g/mol. The van der Waals surface area contributed by atoms with E-state index in [0.717, 1.165) is 11.1 Å². The Labute approximate surface area is 145 Å². The van der Waals surface area contributed by atoms with Gasteiger partial charge in [0.05, 0.1) is 0 Å². The van der Waals surface area contributed by atoms with E-state index in [1.165, 1.54) is 4.90 Å². The summed E-state index contributed by atoms with van der Waals surface area (Å²) in [5.74, 6) is -1.43. The van der Waals surface area contributed by atoms with E-state index in [9.17, 15) is 19.5 Å². The second-order valence-electron chi connectivity index (χ2n) is 6.14. The van der Waals surface area contributed by atoms with Crippen molar-refractivity contribution in [2.24, 2.45) is 0 Å². The van der Waals surface area contributed by atoms with Crippen LogP contribution in [-0.4, -0.2) is 33.7 Å². The number of aliphatic carboxylic acids is 1. The van der Waals surface area contributed by atoms with Crippen LogP contribution in [0.15, 0.2) is 54.6 Å². The number of benzene rings is 2. The van der Waals surface area contributed by atoms with Crippen LogP contribution in [0.3, 0.4) is 0 Å². The Balaban J connectivity index is 1.70. The molecule has 128 valence electrons. The number of carbonyl (C=O) groups excluding carboxylic acids is 2. The number of rotatable bonds is 5. The van der Waals surface area contributed by atoms with Crippen LogP contribution >= 0.6 is 0 Å². The van der Waals surface area contributed by atoms with Gasteiger partial charge in [0.1, 0.15) is 6.04 Å². The first-order valence-electron chi connectivity index (χ1n) is 8.23. The highest BCUT2D eigenvalue weighted by Gasteiger charge is 2.34. The van der Waals surface area contributed by atoms with Gasteiger partial charge in [0, 0.05) is 31.4 Å². The summed E-state index contributed by atoms with van der Waals surface area (Å²) in [4.78, 5) is 37.7. The van der Waals surface area contributed by atoms with Crippen LogP contribution in [0.2, 0.25) is 0 Å². The zero-order valence-corrected chi connectivity index (χ0v) is 13.7. The Bertz CT molecular complexity index is 800. The number of carbonyl (C=O) groups is 3. The average Bonchev–Trinajstić information content (AvgIpc) is 2.65. The highest BCUT2D eigenvalue weighted by molar-refractivity contribution is 5.98. The minimum atomic E-state index is -1.02. The highest BCUT2D eigenvalue weighted by atomic mass is 16.4. The lowest BCUT2D eigenvalue weighted by Gasteiger charge is -2.34. The van der Waals surface area contributed by atoms with Gasteiger partial charge in [0.2, 0.25) is 5.91 Å². The molecule has 5 nitrogen and oxygen atoms in total. The predicted octanol–water partition coefficient (Wildman–Crippen LogP) is 2.69. The van der Waals surface area contributed by atoms with Crippen LogP contribution in [0.5, 0.6) is 0 Å². The zero-order valence-electron chi connectivity index (χ0n) is 13.7. The Morgan fingerprint density at radius 3 is 2.24 bits per heavy atom. The number of fused-ring (bicyclic) bond motifs is 1. The molecular weight excluding hydrogens is 318 g/mol. The SMILES string of the molecule is O=C(CCC(=O)N1Cc2ccccc2CC1C(=O)O)c1ccccc1. The number of amides is 1. The van der Waals surface area contributed by atoms with E-state index in [4.69, 9.17) is 0 Å². The van der Waals surface area contributed by atoms with Crippen molar-refractivity contribution in [3.8, 4) is 0 Å². The summed E-state index contributed by atoms with van der Waals surface area (Å²) < 4.78 is 0. The Morgan fingerprint density at radius 2 is 1.56 bits per heavy atom. The lowest BCUT2D eigenvalue weighted by atomic mass is 9.93. The van der Waals surface area contributed by atoms with E-state index in [1.54, 1.807) is 24.3 Å². The van der Waals surface area contributed by atoms with Crippen molar-refractivity contribution in [3.63, 3.8) is 0 Å². The fraction of sp³-hybridized carbons (Fsp3) is 0.250. The number of hydrogen-bond acceptors (Lipinski definition) is 3. The molecule has 0 bridgehead atoms. The van der Waals surface area contributed by atoms with Crippen LogP contribution in [0, 0.1) is 0 Å². The molecule has 1 N–H and O–H groups in total. The van der Waals surface area contributed by atoms with Crippen molar-refractivity contribution in [2.75, 3.05) is 0 Å². The largest absolute Gasteiger partial charge is 0.480 e. The van der Waals surface area contributed by atoms with E-state index >= 15 is 0 Å². The van der Waals surface area contributed by atoms with Crippen molar-refractivity contribution in [2.45, 2.75) is 31.8 Å². The van der Waals surface area contributed by atoms with Crippen molar-refractivity contribution < 1.29 is 19.5 Å². The topological polar surface area (TPSA) is 74.7 Å². The van der Waals surface area contributed by atoms with Gasteiger partial charge in [-0.3, -0.25) is 9.59 Å². The van der Waals surface area contributed by atoms with E-state index in [0.29, 0.717) is 12.0 Å². The quantitative estimate of drug-likeness (QED) is 0.851. The second kappa shape index (κ2) is 7.30. The molecule has 0 spiro atoms. The Morgan fingerprint density at radius 1 is 0.920 bits per heavy atom. The smallest absolute Gasteiger partial charge is 0.326 e. The molecule has 0 saturated heterocycles. The minimum Gasteiger partial charge on any atom is -0.480 e. The third kappa shape index (κ3) is 3.76. The molecule has 5 heteroatoms. The number of ketones is 1. The number of carboxylic acids is 1. The van der Waals surface area contributed by atoms with Gasteiger partial charge in [-0.25, -0.2) is 4.79 Å². The molecule has 3 rings (SSSR count). The van der Waals surface area contributed by atoms with Crippen molar-refractivity contribution >= 4 is 17.7 Å². The lowest BCUT2D eigenvalue weighted by molar-refractivity contribution is -0.151. The maximum absolute atomic E-state index is 12.6. The summed E-state index contributed by atoms with van der Waals surface area (Å²) in [5, 5.41) is 9.48. The molecule has 0 aromatic heterocycles. The van der Waals surface area contributed by atoms with Crippen molar-refractivity contribution in [1.82, 2.24) is 4.90 Å². The molecular formula is C20H19NO4. The van der Waals surface area contributed by atoms with E-state index in [-0.39, 0.29) is 31.1 Å². The molecule has 1 heterocycles. The summed E-state index contributed by atoms with van der Waals surface area (Å²) >= 11 is 0. The fourth-order valence-electron chi connectivity index (χ4n) is 3.14. The first-order chi connectivity index (χ1) is 12.1. The first-order valence-corrected chi connectivity index (χ1v) is 8.23. The third-order valence-electron chi connectivity index (χ3n) is 4.52. The minimum absolute atomic E-state index is 0.0136. The molecule has 0 radical (unpaired) electrons. The first kappa shape index (κ1) is 16.9. The molecule has 2 aromatic rings. The van der Waals surface area contributed by atoms with E-state index in [1.807, 2.05) is 30.3 Å². The standard InChI is InChI=1S/C20H19NO4/c22-18(14-6-2-1-3-7-14)10-11-19(23)21-13-16-9-5-4-8-15(16)12-17(21)20(24)25/h1-9,17H,10-13H2,(H,24,25). The highest BCUT2D eigenvalue weighted by Crippen LogP contribution is 2.24. The number of Topliss-reactive ketones (excluding diaryl/α,β-unsaturated/α-hetero) is 1. The predicted molar refractivity (Wildman–Crippen MR) is 92.1 cm³/mol. The molecule has 1 amide bonds. The molecule has 0 saturated carbocycles. The number of nitrogens with zero attached hydrogens (tertiary/aromatic N) is 1. The van der Waals surface area contributed by atoms with Crippen LogP contribution in [0.1, 0.15) is 34.3 Å². The Hall–Kier alpha value is -2.95. The summed E-state index contributed by atoms with van der Waals surface area (Å²) in [7, 11) is 0. The molecule has 0 aliphatic carbocycles. The third-order valence-corrected chi connectivity index (χ3v) is 4.52. The van der Waals surface area contributed by atoms with Gasteiger partial charge < -0.3 is 10.0 Å². The van der Waals surface area contributed by atoms with Crippen molar-refractivity contribution in [1.29, 1.82) is 0 Å². The fourth-order valence-corrected chi connectivity index (χ4v) is 3.14. The van der Waals surface area contributed by atoms with Crippen molar-refractivity contribution in [3.05, 3.63) is 71.3 Å². The lowest BCUT2D eigenvalue weighted by Crippen LogP contribution is -2.48. The van der Waals surface area contributed by atoms with Crippen LogP contribution in [-0.2, 0) is 22.6 Å². The van der Waals surface area contributed by atoms with E-state index in [2.05, 4.69) is 0 Å².